The predicted molar refractivity (Wildman–Crippen MR) is 108 cm³/mol. The standard InChI is InChI=1S/C17H27Cl2N3O4S/c1-17(2,3)15(22-16(23)24)11-20-8-4-5-9-21-27(25,26)14-7-6-12(18)10-13(14)19/h6-7,10,15,20-22H,4-5,8-9,11H2,1-3H3,(H,23,24). The second kappa shape index (κ2) is 10.5. The maximum atomic E-state index is 12.2. The van der Waals surface area contributed by atoms with Crippen LogP contribution in [0, 0.1) is 5.41 Å². The van der Waals surface area contributed by atoms with Crippen molar-refractivity contribution in [3.63, 3.8) is 0 Å². The van der Waals surface area contributed by atoms with Crippen molar-refractivity contribution in [3.05, 3.63) is 28.2 Å². The van der Waals surface area contributed by atoms with E-state index in [0.717, 1.165) is 6.42 Å². The molecule has 0 fully saturated rings. The maximum absolute atomic E-state index is 12.2. The van der Waals surface area contributed by atoms with Gasteiger partial charge in [-0.15, -0.1) is 0 Å². The molecular weight excluding hydrogens is 413 g/mol. The Morgan fingerprint density at radius 1 is 1.19 bits per heavy atom. The molecule has 0 saturated carbocycles. The fraction of sp³-hybridized carbons (Fsp3) is 0.588. The lowest BCUT2D eigenvalue weighted by Crippen LogP contribution is -2.49. The van der Waals surface area contributed by atoms with E-state index in [-0.39, 0.29) is 27.9 Å². The highest BCUT2D eigenvalue weighted by Crippen LogP contribution is 2.24. The molecule has 0 aromatic heterocycles. The van der Waals surface area contributed by atoms with Gasteiger partial charge in [0.1, 0.15) is 4.90 Å². The summed E-state index contributed by atoms with van der Waals surface area (Å²) < 4.78 is 27.0. The minimum atomic E-state index is -3.68. The van der Waals surface area contributed by atoms with Crippen LogP contribution in [0.4, 0.5) is 4.79 Å². The van der Waals surface area contributed by atoms with E-state index in [1.807, 2.05) is 20.8 Å². The first-order valence-electron chi connectivity index (χ1n) is 8.58. The zero-order valence-electron chi connectivity index (χ0n) is 15.7. The zero-order chi connectivity index (χ0) is 20.7. The van der Waals surface area contributed by atoms with Crippen LogP contribution >= 0.6 is 23.2 Å². The lowest BCUT2D eigenvalue weighted by atomic mass is 9.87. The van der Waals surface area contributed by atoms with Gasteiger partial charge in [0.2, 0.25) is 10.0 Å². The van der Waals surface area contributed by atoms with Gasteiger partial charge in [0.05, 0.1) is 5.02 Å². The van der Waals surface area contributed by atoms with E-state index in [2.05, 4.69) is 15.4 Å². The molecule has 0 aliphatic carbocycles. The average molecular weight is 440 g/mol. The molecule has 1 aromatic carbocycles. The number of unbranched alkanes of at least 4 members (excludes halogenated alkanes) is 1. The van der Waals surface area contributed by atoms with Crippen LogP contribution in [0.5, 0.6) is 0 Å². The van der Waals surface area contributed by atoms with Crippen molar-refractivity contribution in [2.75, 3.05) is 19.6 Å². The summed E-state index contributed by atoms with van der Waals surface area (Å²) in [4.78, 5) is 10.9. The molecule has 27 heavy (non-hydrogen) atoms. The summed E-state index contributed by atoms with van der Waals surface area (Å²) in [5, 5.41) is 15.1. The Morgan fingerprint density at radius 3 is 2.37 bits per heavy atom. The topological polar surface area (TPSA) is 108 Å². The third-order valence-corrected chi connectivity index (χ3v) is 6.13. The number of carboxylic acid groups (broad SMARTS) is 1. The summed E-state index contributed by atoms with van der Waals surface area (Å²) in [6, 6.07) is 4.01. The first-order chi connectivity index (χ1) is 12.4. The van der Waals surface area contributed by atoms with Crippen LogP contribution in [0.2, 0.25) is 10.0 Å². The minimum Gasteiger partial charge on any atom is -0.465 e. The van der Waals surface area contributed by atoms with E-state index in [1.165, 1.54) is 18.2 Å². The monoisotopic (exact) mass is 439 g/mol. The Labute approximate surface area is 170 Å². The Hall–Kier alpha value is -1.06. The second-order valence-corrected chi connectivity index (χ2v) is 9.83. The SMILES string of the molecule is CC(C)(C)C(CNCCCCNS(=O)(=O)c1ccc(Cl)cc1Cl)NC(=O)O. The van der Waals surface area contributed by atoms with Crippen LogP contribution in [0.3, 0.4) is 0 Å². The molecule has 0 aliphatic heterocycles. The summed E-state index contributed by atoms with van der Waals surface area (Å²) in [7, 11) is -3.68. The van der Waals surface area contributed by atoms with Gasteiger partial charge in [0.25, 0.3) is 0 Å². The first kappa shape index (κ1) is 24.0. The van der Waals surface area contributed by atoms with E-state index >= 15 is 0 Å². The van der Waals surface area contributed by atoms with E-state index in [9.17, 15) is 13.2 Å². The summed E-state index contributed by atoms with van der Waals surface area (Å²) in [5.41, 5.74) is -0.209. The van der Waals surface area contributed by atoms with Gasteiger partial charge in [0.15, 0.2) is 0 Å². The lowest BCUT2D eigenvalue weighted by Gasteiger charge is -2.30. The number of benzene rings is 1. The summed E-state index contributed by atoms with van der Waals surface area (Å²) in [6.07, 6.45) is 0.317. The molecule has 7 nitrogen and oxygen atoms in total. The summed E-state index contributed by atoms with van der Waals surface area (Å²) in [5.74, 6) is 0. The minimum absolute atomic E-state index is 0.000504. The zero-order valence-corrected chi connectivity index (χ0v) is 18.0. The molecule has 0 saturated heterocycles. The quantitative estimate of drug-likeness (QED) is 0.418. The summed E-state index contributed by atoms with van der Waals surface area (Å²) in [6.45, 7) is 7.32. The van der Waals surface area contributed by atoms with E-state index in [1.54, 1.807) is 0 Å². The predicted octanol–water partition coefficient (Wildman–Crippen LogP) is 3.32. The fourth-order valence-corrected chi connectivity index (χ4v) is 4.17. The number of nitrogens with one attached hydrogen (secondary N) is 3. The van der Waals surface area contributed by atoms with Crippen molar-refractivity contribution in [3.8, 4) is 0 Å². The molecule has 0 heterocycles. The van der Waals surface area contributed by atoms with Crippen LogP contribution in [0.25, 0.3) is 0 Å². The van der Waals surface area contributed by atoms with Crippen molar-refractivity contribution in [1.29, 1.82) is 0 Å². The molecule has 0 radical (unpaired) electrons. The molecule has 1 amide bonds. The molecule has 1 unspecified atom stereocenters. The van der Waals surface area contributed by atoms with Crippen LogP contribution < -0.4 is 15.4 Å². The van der Waals surface area contributed by atoms with Gasteiger partial charge >= 0.3 is 6.09 Å². The number of carbonyl (C=O) groups is 1. The van der Waals surface area contributed by atoms with Gasteiger partial charge in [-0.25, -0.2) is 17.9 Å². The van der Waals surface area contributed by atoms with Crippen molar-refractivity contribution in [1.82, 2.24) is 15.4 Å². The van der Waals surface area contributed by atoms with Gasteiger partial charge in [-0.05, 0) is 43.0 Å². The molecule has 0 spiro atoms. The third-order valence-electron chi connectivity index (χ3n) is 3.95. The molecule has 1 aromatic rings. The number of hydrogen-bond donors (Lipinski definition) is 4. The molecule has 0 aliphatic rings. The molecule has 4 N–H and O–H groups in total. The molecular formula is C17H27Cl2N3O4S. The number of rotatable bonds is 10. The Morgan fingerprint density at radius 2 is 1.81 bits per heavy atom. The van der Waals surface area contributed by atoms with Crippen molar-refractivity contribution in [2.45, 2.75) is 44.6 Å². The number of hydrogen-bond acceptors (Lipinski definition) is 4. The highest BCUT2D eigenvalue weighted by molar-refractivity contribution is 7.89. The van der Waals surface area contributed by atoms with Gasteiger partial charge in [-0.3, -0.25) is 0 Å². The van der Waals surface area contributed by atoms with Crippen molar-refractivity contribution < 1.29 is 18.3 Å². The fourth-order valence-electron chi connectivity index (χ4n) is 2.32. The number of sulfonamides is 1. The lowest BCUT2D eigenvalue weighted by molar-refractivity contribution is 0.173. The Kier molecular flexibility index (Phi) is 9.30. The molecule has 1 atom stereocenters. The molecule has 10 heteroatoms. The number of amides is 1. The highest BCUT2D eigenvalue weighted by atomic mass is 35.5. The van der Waals surface area contributed by atoms with Gasteiger partial charge in [-0.1, -0.05) is 44.0 Å². The third kappa shape index (κ3) is 8.66. The molecule has 1 rings (SSSR count). The van der Waals surface area contributed by atoms with E-state index < -0.39 is 16.1 Å². The maximum Gasteiger partial charge on any atom is 0.404 e. The van der Waals surface area contributed by atoms with Crippen LogP contribution in [-0.2, 0) is 10.0 Å². The molecule has 154 valence electrons. The van der Waals surface area contributed by atoms with Gasteiger partial charge in [-0.2, -0.15) is 0 Å². The highest BCUT2D eigenvalue weighted by Gasteiger charge is 2.25. The van der Waals surface area contributed by atoms with Gasteiger partial charge < -0.3 is 15.7 Å². The largest absolute Gasteiger partial charge is 0.465 e. The van der Waals surface area contributed by atoms with Crippen LogP contribution in [-0.4, -0.2) is 45.3 Å². The van der Waals surface area contributed by atoms with Crippen LogP contribution in [0.15, 0.2) is 23.1 Å². The van der Waals surface area contributed by atoms with Crippen LogP contribution in [0.1, 0.15) is 33.6 Å². The smallest absolute Gasteiger partial charge is 0.404 e. The first-order valence-corrected chi connectivity index (χ1v) is 10.8. The van der Waals surface area contributed by atoms with Crippen molar-refractivity contribution in [2.24, 2.45) is 5.41 Å². The van der Waals surface area contributed by atoms with E-state index in [4.69, 9.17) is 28.3 Å². The summed E-state index contributed by atoms with van der Waals surface area (Å²) >= 11 is 11.7. The van der Waals surface area contributed by atoms with Crippen molar-refractivity contribution >= 4 is 39.3 Å². The van der Waals surface area contributed by atoms with E-state index in [0.29, 0.717) is 24.5 Å². The average Bonchev–Trinajstić information content (AvgIpc) is 2.51. The molecule has 0 bridgehead atoms. The Bertz CT molecular complexity index is 736. The second-order valence-electron chi connectivity index (χ2n) is 7.25. The normalized spacial score (nSPS) is 13.4. The van der Waals surface area contributed by atoms with Gasteiger partial charge in [0, 0.05) is 24.2 Å². The number of halogens is 2. The Balaban J connectivity index is 2.35.